The molecule has 1 atom stereocenters. The summed E-state index contributed by atoms with van der Waals surface area (Å²) in [4.78, 5) is 28.4. The molecular weight excluding hydrogens is 390 g/mol. The van der Waals surface area contributed by atoms with Gasteiger partial charge >= 0.3 is 11.9 Å². The van der Waals surface area contributed by atoms with Gasteiger partial charge in [-0.25, -0.2) is 9.59 Å². The third-order valence-corrected chi connectivity index (χ3v) is 5.21. The number of hydrogen-bond acceptors (Lipinski definition) is 5. The summed E-state index contributed by atoms with van der Waals surface area (Å²) in [6, 6.07) is 11.2. The number of esters is 2. The Morgan fingerprint density at radius 1 is 0.903 bits per heavy atom. The molecule has 1 aromatic heterocycles. The molecule has 0 bridgehead atoms. The molecule has 1 aromatic carbocycles. The lowest BCUT2D eigenvalue weighted by molar-refractivity contribution is -0.152. The monoisotopic (exact) mass is 425 g/mol. The third-order valence-electron chi connectivity index (χ3n) is 5.21. The van der Waals surface area contributed by atoms with Crippen molar-refractivity contribution >= 4 is 11.9 Å². The van der Waals surface area contributed by atoms with Crippen LogP contribution in [0.4, 0.5) is 0 Å². The molecule has 0 saturated carbocycles. The van der Waals surface area contributed by atoms with Crippen LogP contribution in [-0.2, 0) is 20.7 Å². The van der Waals surface area contributed by atoms with Gasteiger partial charge in [-0.3, -0.25) is 4.98 Å². The van der Waals surface area contributed by atoms with Gasteiger partial charge in [0.05, 0.1) is 17.9 Å². The predicted octanol–water partition coefficient (Wildman–Crippen LogP) is 6.15. The second kappa shape index (κ2) is 13.6. The lowest BCUT2D eigenvalue weighted by Crippen LogP contribution is -2.26. The summed E-state index contributed by atoms with van der Waals surface area (Å²) in [6.07, 6.45) is 11.2. The van der Waals surface area contributed by atoms with Gasteiger partial charge in [0.15, 0.2) is 6.10 Å². The van der Waals surface area contributed by atoms with Crippen LogP contribution in [0.2, 0.25) is 0 Å². The molecule has 0 radical (unpaired) electrons. The summed E-state index contributed by atoms with van der Waals surface area (Å²) in [7, 11) is 0. The SMILES string of the molecule is CCCCCCCCCc1ccc(-c2ccc(C(=O)OC(C)C(=O)OCC)cc2)nc1. The van der Waals surface area contributed by atoms with Crippen molar-refractivity contribution in [2.75, 3.05) is 6.61 Å². The second-order valence-corrected chi connectivity index (χ2v) is 7.80. The molecule has 0 N–H and O–H groups in total. The highest BCUT2D eigenvalue weighted by Crippen LogP contribution is 2.19. The van der Waals surface area contributed by atoms with Crippen LogP contribution in [0.3, 0.4) is 0 Å². The van der Waals surface area contributed by atoms with Crippen molar-refractivity contribution in [1.82, 2.24) is 4.98 Å². The molecule has 5 heteroatoms. The van der Waals surface area contributed by atoms with Crippen LogP contribution < -0.4 is 0 Å². The van der Waals surface area contributed by atoms with Crippen LogP contribution in [0, 0.1) is 0 Å². The van der Waals surface area contributed by atoms with Gasteiger partial charge in [0.25, 0.3) is 0 Å². The number of unbranched alkanes of at least 4 members (excludes halogenated alkanes) is 6. The van der Waals surface area contributed by atoms with Gasteiger partial charge < -0.3 is 9.47 Å². The largest absolute Gasteiger partial charge is 0.463 e. The second-order valence-electron chi connectivity index (χ2n) is 7.80. The summed E-state index contributed by atoms with van der Waals surface area (Å²) in [5.41, 5.74) is 3.43. The summed E-state index contributed by atoms with van der Waals surface area (Å²) < 4.78 is 10.0. The molecule has 5 nitrogen and oxygen atoms in total. The number of pyridine rings is 1. The van der Waals surface area contributed by atoms with Crippen molar-refractivity contribution in [2.45, 2.75) is 78.2 Å². The van der Waals surface area contributed by atoms with Gasteiger partial charge in [0.2, 0.25) is 0 Å². The first kappa shape index (κ1) is 24.6. The highest BCUT2D eigenvalue weighted by atomic mass is 16.6. The first-order valence-corrected chi connectivity index (χ1v) is 11.5. The Bertz CT molecular complexity index is 799. The standard InChI is InChI=1S/C26H35NO4/c1-4-6-7-8-9-10-11-12-21-13-18-24(27-19-21)22-14-16-23(17-15-22)26(29)31-20(3)25(28)30-5-2/h13-20H,4-12H2,1-3H3. The number of carbonyl (C=O) groups excluding carboxylic acids is 2. The van der Waals surface area contributed by atoms with Gasteiger partial charge in [-0.2, -0.15) is 0 Å². The van der Waals surface area contributed by atoms with E-state index in [-0.39, 0.29) is 6.61 Å². The molecule has 1 unspecified atom stereocenters. The fourth-order valence-electron chi connectivity index (χ4n) is 3.34. The van der Waals surface area contributed by atoms with Crippen LogP contribution in [0.15, 0.2) is 42.6 Å². The molecular formula is C26H35NO4. The number of benzene rings is 1. The smallest absolute Gasteiger partial charge is 0.347 e. The Morgan fingerprint density at radius 3 is 2.19 bits per heavy atom. The van der Waals surface area contributed by atoms with E-state index in [2.05, 4.69) is 18.0 Å². The first-order chi connectivity index (χ1) is 15.0. The molecule has 0 aliphatic heterocycles. The highest BCUT2D eigenvalue weighted by Gasteiger charge is 2.19. The maximum atomic E-state index is 12.2. The van der Waals surface area contributed by atoms with E-state index in [1.807, 2.05) is 24.4 Å². The lowest BCUT2D eigenvalue weighted by atomic mass is 10.0. The molecule has 0 saturated heterocycles. The van der Waals surface area contributed by atoms with Crippen LogP contribution in [0.25, 0.3) is 11.3 Å². The van der Waals surface area contributed by atoms with E-state index in [1.165, 1.54) is 57.4 Å². The van der Waals surface area contributed by atoms with Gasteiger partial charge in [-0.15, -0.1) is 0 Å². The fraction of sp³-hybridized carbons (Fsp3) is 0.500. The number of rotatable bonds is 13. The third kappa shape index (κ3) is 8.52. The number of nitrogens with zero attached hydrogens (tertiary/aromatic N) is 1. The maximum absolute atomic E-state index is 12.2. The van der Waals surface area contributed by atoms with E-state index in [9.17, 15) is 9.59 Å². The minimum absolute atomic E-state index is 0.250. The van der Waals surface area contributed by atoms with Crippen molar-refractivity contribution in [3.05, 3.63) is 53.7 Å². The van der Waals surface area contributed by atoms with Gasteiger partial charge in [0.1, 0.15) is 0 Å². The molecule has 0 fully saturated rings. The van der Waals surface area contributed by atoms with E-state index >= 15 is 0 Å². The average molecular weight is 426 g/mol. The quantitative estimate of drug-likeness (QED) is 0.284. The minimum Gasteiger partial charge on any atom is -0.463 e. The zero-order valence-electron chi connectivity index (χ0n) is 19.1. The molecule has 0 spiro atoms. The minimum atomic E-state index is -0.933. The van der Waals surface area contributed by atoms with Crippen molar-refractivity contribution < 1.29 is 19.1 Å². The molecule has 0 aliphatic rings. The molecule has 0 aliphatic carbocycles. The van der Waals surface area contributed by atoms with Crippen molar-refractivity contribution in [3.8, 4) is 11.3 Å². The number of ether oxygens (including phenoxy) is 2. The Balaban J connectivity index is 1.83. The van der Waals surface area contributed by atoms with Gasteiger partial charge in [-0.1, -0.05) is 63.6 Å². The zero-order chi connectivity index (χ0) is 22.5. The van der Waals surface area contributed by atoms with E-state index in [4.69, 9.17) is 9.47 Å². The van der Waals surface area contributed by atoms with E-state index in [0.717, 1.165) is 17.7 Å². The van der Waals surface area contributed by atoms with Crippen molar-refractivity contribution in [1.29, 1.82) is 0 Å². The van der Waals surface area contributed by atoms with E-state index in [0.29, 0.717) is 5.56 Å². The zero-order valence-corrected chi connectivity index (χ0v) is 19.1. The molecule has 31 heavy (non-hydrogen) atoms. The molecule has 2 rings (SSSR count). The number of carbonyl (C=O) groups is 2. The van der Waals surface area contributed by atoms with Gasteiger partial charge in [0, 0.05) is 11.8 Å². The Labute approximate surface area is 186 Å². The number of aryl methyl sites for hydroxylation is 1. The van der Waals surface area contributed by atoms with Crippen LogP contribution in [0.5, 0.6) is 0 Å². The van der Waals surface area contributed by atoms with E-state index < -0.39 is 18.0 Å². The molecule has 168 valence electrons. The Kier molecular flexibility index (Phi) is 10.8. The Hall–Kier alpha value is -2.69. The van der Waals surface area contributed by atoms with Crippen LogP contribution in [-0.4, -0.2) is 29.6 Å². The van der Waals surface area contributed by atoms with E-state index in [1.54, 1.807) is 19.1 Å². The average Bonchev–Trinajstić information content (AvgIpc) is 2.79. The summed E-state index contributed by atoms with van der Waals surface area (Å²) >= 11 is 0. The summed E-state index contributed by atoms with van der Waals surface area (Å²) in [5.74, 6) is -1.10. The van der Waals surface area contributed by atoms with Gasteiger partial charge in [-0.05, 0) is 50.5 Å². The Morgan fingerprint density at radius 2 is 1.58 bits per heavy atom. The predicted molar refractivity (Wildman–Crippen MR) is 123 cm³/mol. The molecule has 2 aromatic rings. The summed E-state index contributed by atoms with van der Waals surface area (Å²) in [5, 5.41) is 0. The van der Waals surface area contributed by atoms with Crippen molar-refractivity contribution in [3.63, 3.8) is 0 Å². The van der Waals surface area contributed by atoms with Crippen LogP contribution >= 0.6 is 0 Å². The summed E-state index contributed by atoms with van der Waals surface area (Å²) in [6.45, 7) is 5.71. The topological polar surface area (TPSA) is 65.5 Å². The number of aromatic nitrogens is 1. The fourth-order valence-corrected chi connectivity index (χ4v) is 3.34. The highest BCUT2D eigenvalue weighted by molar-refractivity contribution is 5.91. The maximum Gasteiger partial charge on any atom is 0.347 e. The normalized spacial score (nSPS) is 11.7. The molecule has 1 heterocycles. The lowest BCUT2D eigenvalue weighted by Gasteiger charge is -2.12. The molecule has 0 amide bonds. The van der Waals surface area contributed by atoms with Crippen molar-refractivity contribution in [2.24, 2.45) is 0 Å². The first-order valence-electron chi connectivity index (χ1n) is 11.5. The number of hydrogen-bond donors (Lipinski definition) is 0. The van der Waals surface area contributed by atoms with Crippen LogP contribution in [0.1, 0.15) is 81.6 Å².